The van der Waals surface area contributed by atoms with E-state index in [9.17, 15) is 0 Å². The van der Waals surface area contributed by atoms with Crippen LogP contribution in [0.3, 0.4) is 0 Å². The molecule has 0 aromatic heterocycles. The van der Waals surface area contributed by atoms with Gasteiger partial charge in [-0.15, -0.1) is 0 Å². The Balaban J connectivity index is -0.000000125. The molecule has 164 valence electrons. The second kappa shape index (κ2) is 25.0. The molecule has 0 radical (unpaired) electrons. The fraction of sp³-hybridized carbons (Fsp3) is 1.00. The van der Waals surface area contributed by atoms with Crippen molar-refractivity contribution in [1.29, 1.82) is 0 Å². The maximum atomic E-state index is 8.55. The first-order valence-corrected chi connectivity index (χ1v) is 11.2. The zero-order chi connectivity index (χ0) is 21.6. The Morgan fingerprint density at radius 1 is 0.462 bits per heavy atom. The number of hydrogen-bond donors (Lipinski definition) is 0. The Morgan fingerprint density at radius 2 is 0.538 bits per heavy atom. The van der Waals surface area contributed by atoms with E-state index in [1.54, 1.807) is 0 Å². The molecular weight excluding hydrogens is 359 g/mol. The molecule has 8 heteroatoms. The normalized spacial score (nSPS) is 10.6. The molecule has 0 bridgehead atoms. The fourth-order valence-corrected chi connectivity index (χ4v) is 1.84. The van der Waals surface area contributed by atoms with Crippen molar-refractivity contribution in [2.45, 2.75) is 62.3 Å². The first-order chi connectivity index (χ1) is 12.0. The Morgan fingerprint density at radius 3 is 0.538 bits per heavy atom. The van der Waals surface area contributed by atoms with E-state index < -0.39 is 7.82 Å². The van der Waals surface area contributed by atoms with Crippen molar-refractivity contribution in [3.63, 3.8) is 0 Å². The van der Waals surface area contributed by atoms with Crippen LogP contribution in [0.1, 0.15) is 62.3 Å². The van der Waals surface area contributed by atoms with Crippen molar-refractivity contribution in [2.75, 3.05) is 59.5 Å². The average Bonchev–Trinajstić information content (AvgIpc) is 2.59. The minimum Gasteiger partial charge on any atom is -0.822 e. The van der Waals surface area contributed by atoms with E-state index in [0.717, 1.165) is 59.5 Å². The summed E-state index contributed by atoms with van der Waals surface area (Å²) in [6, 6.07) is 0. The minimum absolute atomic E-state index is 1.10. The summed E-state index contributed by atoms with van der Waals surface area (Å²) in [5, 5.41) is 0. The van der Waals surface area contributed by atoms with Crippen molar-refractivity contribution in [2.24, 2.45) is 0 Å². The van der Waals surface area contributed by atoms with Gasteiger partial charge in [0.1, 0.15) is 59.5 Å². The topological polar surface area (TPSA) is 94.4 Å². The molecule has 0 unspecified atom stereocenters. The molecular formula is C18H45O7P. The summed E-state index contributed by atoms with van der Waals surface area (Å²) >= 11 is 0. The quantitative estimate of drug-likeness (QED) is 0.434. The number of rotatable bonds is 9. The van der Waals surface area contributed by atoms with E-state index in [1.165, 1.54) is 0 Å². The van der Waals surface area contributed by atoms with E-state index in [0.29, 0.717) is 0 Å². The van der Waals surface area contributed by atoms with Gasteiger partial charge in [-0.3, -0.25) is 0 Å². The molecule has 0 aliphatic heterocycles. The van der Waals surface area contributed by atoms with Crippen molar-refractivity contribution >= 4 is 7.82 Å². The molecule has 0 atom stereocenters. The highest BCUT2D eigenvalue weighted by Crippen LogP contribution is 2.03. The molecule has 0 spiro atoms. The van der Waals surface area contributed by atoms with Crippen LogP contribution in [0.4, 0.5) is 0 Å². The molecule has 0 N–H and O–H groups in total. The third kappa shape index (κ3) is 39.2. The second-order valence-corrected chi connectivity index (χ2v) is 5.78. The van der Waals surface area contributed by atoms with Gasteiger partial charge < -0.3 is 32.3 Å². The molecule has 0 saturated heterocycles. The van der Waals surface area contributed by atoms with Gasteiger partial charge in [0.25, 0.3) is 0 Å². The number of hydrogen-bond acceptors (Lipinski definition) is 4. The van der Waals surface area contributed by atoms with E-state index in [2.05, 4.69) is 75.4 Å². The van der Waals surface area contributed by atoms with Crippen molar-refractivity contribution in [3.05, 3.63) is 0 Å². The van der Waals surface area contributed by atoms with Crippen LogP contribution in [0.15, 0.2) is 0 Å². The predicted molar refractivity (Wildman–Crippen MR) is 106 cm³/mol. The smallest absolute Gasteiger partial charge is 0.142 e. The second-order valence-electron chi connectivity index (χ2n) is 4.88. The van der Waals surface area contributed by atoms with Gasteiger partial charge in [-0.2, -0.15) is 7.82 Å². The van der Waals surface area contributed by atoms with Gasteiger partial charge in [-0.25, -0.2) is 0 Å². The highest BCUT2D eigenvalue weighted by molar-refractivity contribution is 7.40. The fourth-order valence-electron chi connectivity index (χ4n) is 1.84. The standard InChI is InChI=1S/3C6H15O.H3O4P/c3*1-4-7(5-2)6-3;1-5(2,3)4/h3*4-6H2,1-3H3;(H3,1,2,3,4)/q3*+1;/p-3. The van der Waals surface area contributed by atoms with Gasteiger partial charge >= 0.3 is 0 Å². The van der Waals surface area contributed by atoms with Gasteiger partial charge in [0.2, 0.25) is 0 Å². The van der Waals surface area contributed by atoms with E-state index in [-0.39, 0.29) is 0 Å². The summed E-state index contributed by atoms with van der Waals surface area (Å²) in [6.45, 7) is 29.3. The lowest BCUT2D eigenvalue weighted by Crippen LogP contribution is -2.24. The van der Waals surface area contributed by atoms with Crippen LogP contribution >= 0.6 is 7.82 Å². The van der Waals surface area contributed by atoms with Crippen molar-refractivity contribution < 1.29 is 32.3 Å². The zero-order valence-corrected chi connectivity index (χ0v) is 19.6. The largest absolute Gasteiger partial charge is 0.822 e. The Labute approximate surface area is 162 Å². The van der Waals surface area contributed by atoms with Crippen LogP contribution in [0.2, 0.25) is 0 Å². The summed E-state index contributed by atoms with van der Waals surface area (Å²) < 4.78 is 17.8. The van der Waals surface area contributed by atoms with Crippen LogP contribution in [0.5, 0.6) is 0 Å². The Bertz CT molecular complexity index is 219. The molecule has 7 nitrogen and oxygen atoms in total. The first-order valence-electron chi connectivity index (χ1n) is 9.69. The van der Waals surface area contributed by atoms with E-state index in [1.807, 2.05) is 0 Å². The van der Waals surface area contributed by atoms with E-state index >= 15 is 0 Å². The zero-order valence-electron chi connectivity index (χ0n) is 18.7. The summed E-state index contributed by atoms with van der Waals surface area (Å²) in [5.74, 6) is 0. The maximum Gasteiger partial charge on any atom is 0.142 e. The summed E-state index contributed by atoms with van der Waals surface area (Å²) in [7, 11) is -5.39. The third-order valence-electron chi connectivity index (χ3n) is 3.67. The van der Waals surface area contributed by atoms with Crippen LogP contribution in [-0.2, 0) is 17.7 Å². The van der Waals surface area contributed by atoms with Crippen LogP contribution in [-0.4, -0.2) is 59.5 Å². The molecule has 0 saturated carbocycles. The third-order valence-corrected chi connectivity index (χ3v) is 3.67. The minimum atomic E-state index is -5.39. The van der Waals surface area contributed by atoms with E-state index in [4.69, 9.17) is 19.2 Å². The molecule has 0 aromatic carbocycles. The highest BCUT2D eigenvalue weighted by Gasteiger charge is 1.95. The molecule has 0 aliphatic carbocycles. The van der Waals surface area contributed by atoms with Crippen molar-refractivity contribution in [1.82, 2.24) is 0 Å². The lowest BCUT2D eigenvalue weighted by Gasteiger charge is -2.36. The van der Waals surface area contributed by atoms with Gasteiger partial charge in [-0.05, 0) is 0 Å². The Kier molecular flexibility index (Phi) is 32.3. The predicted octanol–water partition coefficient (Wildman–Crippen LogP) is 1.97. The molecule has 0 fully saturated rings. The molecule has 0 aromatic rings. The monoisotopic (exact) mass is 404 g/mol. The summed E-state index contributed by atoms with van der Waals surface area (Å²) in [5.41, 5.74) is 0. The van der Waals surface area contributed by atoms with Gasteiger partial charge in [0.05, 0.1) is 0 Å². The lowest BCUT2D eigenvalue weighted by atomic mass is 10.7. The summed E-state index contributed by atoms with van der Waals surface area (Å²) in [6.07, 6.45) is 0. The SMILES string of the molecule is CC[O+](CC)CC.CC[O+](CC)CC.CC[O+](CC)CC.O=P([O-])([O-])[O-]. The van der Waals surface area contributed by atoms with Gasteiger partial charge in [0.15, 0.2) is 0 Å². The highest BCUT2D eigenvalue weighted by atomic mass is 31.2. The van der Waals surface area contributed by atoms with Crippen molar-refractivity contribution in [3.8, 4) is 0 Å². The first kappa shape index (κ1) is 33.6. The number of phosphoric acid groups is 1. The molecule has 0 amide bonds. The summed E-state index contributed by atoms with van der Waals surface area (Å²) in [4.78, 5) is 25.6. The Hall–Kier alpha value is -0.0100. The van der Waals surface area contributed by atoms with Crippen LogP contribution < -0.4 is 14.7 Å². The van der Waals surface area contributed by atoms with Crippen LogP contribution in [0.25, 0.3) is 0 Å². The average molecular weight is 405 g/mol. The van der Waals surface area contributed by atoms with Gasteiger partial charge in [-0.1, -0.05) is 0 Å². The van der Waals surface area contributed by atoms with Crippen LogP contribution in [0, 0.1) is 0 Å². The molecule has 0 heterocycles. The maximum absolute atomic E-state index is 8.55. The van der Waals surface area contributed by atoms with Gasteiger partial charge in [0, 0.05) is 62.3 Å². The molecule has 0 aliphatic rings. The molecule has 26 heavy (non-hydrogen) atoms. The molecule has 0 rings (SSSR count). The lowest BCUT2D eigenvalue weighted by molar-refractivity contribution is -0.432.